The molecule has 1 amide bonds. The number of benzene rings is 3. The van der Waals surface area contributed by atoms with Gasteiger partial charge in [-0.15, -0.1) is 0 Å². The average molecular weight is 431 g/mol. The molecule has 0 atom stereocenters. The summed E-state index contributed by atoms with van der Waals surface area (Å²) in [5.41, 5.74) is 0.917. The van der Waals surface area contributed by atoms with Crippen LogP contribution in [-0.4, -0.2) is 22.7 Å². The zero-order chi connectivity index (χ0) is 21.1. The smallest absolute Gasteiger partial charge is 0.264 e. The maximum Gasteiger partial charge on any atom is 0.264 e. The molecular formula is C20H18N2O5S2. The summed E-state index contributed by atoms with van der Waals surface area (Å²) < 4.78 is 54.1. The summed E-state index contributed by atoms with van der Waals surface area (Å²) in [6, 6.07) is 19.6. The fraction of sp³-hybridized carbons (Fsp3) is 0.0500. The lowest BCUT2D eigenvalue weighted by Crippen LogP contribution is -2.31. The van der Waals surface area contributed by atoms with Crippen molar-refractivity contribution in [3.05, 3.63) is 90.0 Å². The monoisotopic (exact) mass is 430 g/mol. The Morgan fingerprint density at radius 3 is 1.93 bits per heavy atom. The van der Waals surface area contributed by atoms with Crippen LogP contribution < -0.4 is 9.44 Å². The molecule has 0 aromatic heterocycles. The minimum atomic E-state index is -4.05. The minimum Gasteiger partial charge on any atom is -0.280 e. The quantitative estimate of drug-likeness (QED) is 0.625. The van der Waals surface area contributed by atoms with E-state index in [1.165, 1.54) is 30.3 Å². The second-order valence-electron chi connectivity index (χ2n) is 6.20. The molecule has 3 aromatic rings. The Balaban J connectivity index is 1.78. The van der Waals surface area contributed by atoms with Gasteiger partial charge < -0.3 is 0 Å². The molecule has 3 aromatic carbocycles. The van der Waals surface area contributed by atoms with Gasteiger partial charge in [-0.1, -0.05) is 36.4 Å². The first-order chi connectivity index (χ1) is 13.7. The van der Waals surface area contributed by atoms with E-state index in [-0.39, 0.29) is 15.4 Å². The average Bonchev–Trinajstić information content (AvgIpc) is 2.68. The van der Waals surface area contributed by atoms with Crippen LogP contribution in [0.25, 0.3) is 0 Å². The van der Waals surface area contributed by atoms with E-state index >= 15 is 0 Å². The maximum atomic E-state index is 12.4. The van der Waals surface area contributed by atoms with Crippen molar-refractivity contribution in [3.63, 3.8) is 0 Å². The SMILES string of the molecule is Cc1ccccc1S(=O)(=O)NC(=O)c1ccc(S(=O)(=O)Nc2ccccc2)cc1. The Hall–Kier alpha value is -3.17. The first-order valence-corrected chi connectivity index (χ1v) is 11.5. The molecule has 0 aliphatic heterocycles. The van der Waals surface area contributed by atoms with E-state index in [0.29, 0.717) is 11.3 Å². The maximum absolute atomic E-state index is 12.4. The van der Waals surface area contributed by atoms with Gasteiger partial charge in [0.1, 0.15) is 0 Å². The molecule has 0 saturated heterocycles. The number of para-hydroxylation sites is 1. The zero-order valence-electron chi connectivity index (χ0n) is 15.4. The fourth-order valence-electron chi connectivity index (χ4n) is 2.60. The highest BCUT2D eigenvalue weighted by Crippen LogP contribution is 2.18. The van der Waals surface area contributed by atoms with E-state index in [9.17, 15) is 21.6 Å². The summed E-state index contributed by atoms with van der Waals surface area (Å²) in [6.07, 6.45) is 0. The van der Waals surface area contributed by atoms with E-state index in [1.54, 1.807) is 55.5 Å². The Bertz CT molecular complexity index is 1240. The molecule has 0 saturated carbocycles. The number of hydrogen-bond donors (Lipinski definition) is 2. The van der Waals surface area contributed by atoms with Crippen LogP contribution in [0.15, 0.2) is 88.7 Å². The Kier molecular flexibility index (Phi) is 5.71. The highest BCUT2D eigenvalue weighted by Gasteiger charge is 2.21. The van der Waals surface area contributed by atoms with Crippen molar-refractivity contribution in [2.75, 3.05) is 4.72 Å². The zero-order valence-corrected chi connectivity index (χ0v) is 17.0. The first kappa shape index (κ1) is 20.6. The molecule has 0 bridgehead atoms. The van der Waals surface area contributed by atoms with E-state index in [4.69, 9.17) is 0 Å². The van der Waals surface area contributed by atoms with E-state index in [1.807, 2.05) is 4.72 Å². The molecule has 0 heterocycles. The van der Waals surface area contributed by atoms with Crippen LogP contribution in [-0.2, 0) is 20.0 Å². The highest BCUT2D eigenvalue weighted by atomic mass is 32.2. The number of anilines is 1. The third-order valence-electron chi connectivity index (χ3n) is 4.06. The molecule has 0 radical (unpaired) electrons. The number of rotatable bonds is 6. The molecule has 3 rings (SSSR count). The van der Waals surface area contributed by atoms with E-state index in [2.05, 4.69) is 4.72 Å². The highest BCUT2D eigenvalue weighted by molar-refractivity contribution is 7.92. The summed E-state index contributed by atoms with van der Waals surface area (Å²) in [4.78, 5) is 12.3. The van der Waals surface area contributed by atoms with Crippen molar-refractivity contribution >= 4 is 31.6 Å². The predicted octanol–water partition coefficient (Wildman–Crippen LogP) is 2.91. The second kappa shape index (κ2) is 8.06. The lowest BCUT2D eigenvalue weighted by atomic mass is 10.2. The lowest BCUT2D eigenvalue weighted by Gasteiger charge is -2.10. The summed E-state index contributed by atoms with van der Waals surface area (Å²) >= 11 is 0. The Labute approximate surface area is 169 Å². The number of carbonyl (C=O) groups is 1. The number of hydrogen-bond acceptors (Lipinski definition) is 5. The van der Waals surface area contributed by atoms with Crippen molar-refractivity contribution in [2.24, 2.45) is 0 Å². The third kappa shape index (κ3) is 4.82. The number of aryl methyl sites for hydroxylation is 1. The van der Waals surface area contributed by atoms with Gasteiger partial charge in [-0.2, -0.15) is 0 Å². The van der Waals surface area contributed by atoms with Crippen molar-refractivity contribution in [1.82, 2.24) is 4.72 Å². The van der Waals surface area contributed by atoms with Crippen molar-refractivity contribution in [2.45, 2.75) is 16.7 Å². The van der Waals surface area contributed by atoms with Crippen LogP contribution in [0.2, 0.25) is 0 Å². The van der Waals surface area contributed by atoms with Crippen molar-refractivity contribution in [1.29, 1.82) is 0 Å². The van der Waals surface area contributed by atoms with Gasteiger partial charge in [0.15, 0.2) is 0 Å². The molecule has 0 fully saturated rings. The molecule has 2 N–H and O–H groups in total. The summed E-state index contributed by atoms with van der Waals surface area (Å²) in [5.74, 6) is -0.854. The first-order valence-electron chi connectivity index (χ1n) is 8.50. The molecule has 0 aliphatic carbocycles. The molecule has 0 aliphatic rings. The standard InChI is InChI=1S/C20H18N2O5S2/c1-15-7-5-6-10-19(15)29(26,27)22-20(23)16-11-13-18(14-12-16)28(24,25)21-17-8-3-2-4-9-17/h2-14,21H,1H3,(H,22,23). The summed E-state index contributed by atoms with van der Waals surface area (Å²) in [6.45, 7) is 1.62. The largest absolute Gasteiger partial charge is 0.280 e. The van der Waals surface area contributed by atoms with Gasteiger partial charge >= 0.3 is 0 Å². The summed E-state index contributed by atoms with van der Waals surface area (Å²) in [5, 5.41) is 0. The van der Waals surface area contributed by atoms with Crippen LogP contribution in [0.5, 0.6) is 0 Å². The van der Waals surface area contributed by atoms with Gasteiger partial charge in [-0.25, -0.2) is 21.6 Å². The fourth-order valence-corrected chi connectivity index (χ4v) is 4.88. The van der Waals surface area contributed by atoms with E-state index in [0.717, 1.165) is 0 Å². The molecule has 7 nitrogen and oxygen atoms in total. The van der Waals surface area contributed by atoms with Crippen LogP contribution in [0.1, 0.15) is 15.9 Å². The van der Waals surface area contributed by atoms with Crippen LogP contribution in [0.4, 0.5) is 5.69 Å². The Morgan fingerprint density at radius 1 is 0.724 bits per heavy atom. The van der Waals surface area contributed by atoms with Gasteiger partial charge in [0.2, 0.25) is 0 Å². The molecule has 0 spiro atoms. The van der Waals surface area contributed by atoms with Gasteiger partial charge in [-0.05, 0) is 55.0 Å². The number of sulfonamides is 2. The number of carbonyl (C=O) groups excluding carboxylic acids is 1. The van der Waals surface area contributed by atoms with E-state index < -0.39 is 26.0 Å². The molecular weight excluding hydrogens is 412 g/mol. The molecule has 29 heavy (non-hydrogen) atoms. The van der Waals surface area contributed by atoms with Gasteiger partial charge in [0.05, 0.1) is 9.79 Å². The van der Waals surface area contributed by atoms with Crippen LogP contribution in [0, 0.1) is 6.92 Å². The van der Waals surface area contributed by atoms with Gasteiger partial charge in [0, 0.05) is 11.3 Å². The summed E-state index contributed by atoms with van der Waals surface area (Å²) in [7, 11) is -7.89. The second-order valence-corrected chi connectivity index (χ2v) is 9.53. The van der Waals surface area contributed by atoms with Crippen molar-refractivity contribution < 1.29 is 21.6 Å². The number of nitrogens with one attached hydrogen (secondary N) is 2. The van der Waals surface area contributed by atoms with Crippen molar-refractivity contribution in [3.8, 4) is 0 Å². The molecule has 150 valence electrons. The van der Waals surface area contributed by atoms with Crippen LogP contribution in [0.3, 0.4) is 0 Å². The predicted molar refractivity (Wildman–Crippen MR) is 110 cm³/mol. The Morgan fingerprint density at radius 2 is 1.31 bits per heavy atom. The normalized spacial score (nSPS) is 11.6. The topological polar surface area (TPSA) is 109 Å². The van der Waals surface area contributed by atoms with Gasteiger partial charge in [0.25, 0.3) is 26.0 Å². The van der Waals surface area contributed by atoms with Crippen LogP contribution >= 0.6 is 0 Å². The van der Waals surface area contributed by atoms with Gasteiger partial charge in [-0.3, -0.25) is 9.52 Å². The lowest BCUT2D eigenvalue weighted by molar-refractivity contribution is 0.0981. The molecule has 9 heteroatoms. The minimum absolute atomic E-state index is 0.000362. The third-order valence-corrected chi connectivity index (χ3v) is 6.95. The molecule has 0 unspecified atom stereocenters. The number of amides is 1.